The van der Waals surface area contributed by atoms with E-state index in [2.05, 4.69) is 15.6 Å². The van der Waals surface area contributed by atoms with Gasteiger partial charge in [-0.3, -0.25) is 4.79 Å². The van der Waals surface area contributed by atoms with Gasteiger partial charge in [0.1, 0.15) is 0 Å². The molecule has 2 rings (SSSR count). The van der Waals surface area contributed by atoms with Gasteiger partial charge in [-0.15, -0.1) is 11.3 Å². The molecular weight excluding hydrogens is 210 g/mol. The van der Waals surface area contributed by atoms with E-state index in [4.69, 9.17) is 0 Å². The summed E-state index contributed by atoms with van der Waals surface area (Å²) in [6.07, 6.45) is 2.90. The van der Waals surface area contributed by atoms with Gasteiger partial charge in [-0.25, -0.2) is 4.98 Å². The Morgan fingerprint density at radius 3 is 3.07 bits per heavy atom. The average Bonchev–Trinajstić information content (AvgIpc) is 2.58. The lowest BCUT2D eigenvalue weighted by atomic mass is 9.98. The van der Waals surface area contributed by atoms with Gasteiger partial charge in [0.2, 0.25) is 5.91 Å². The van der Waals surface area contributed by atoms with Crippen LogP contribution in [0.25, 0.3) is 0 Å². The molecule has 5 heteroatoms. The number of carbonyl (C=O) groups excluding carboxylic acids is 1. The number of hydrogen-bond donors (Lipinski definition) is 2. The smallest absolute Gasteiger partial charge is 0.217 e. The number of aromatic nitrogens is 1. The van der Waals surface area contributed by atoms with E-state index in [0.29, 0.717) is 6.04 Å². The second-order valence-corrected chi connectivity index (χ2v) is 4.86. The minimum atomic E-state index is 0.0572. The van der Waals surface area contributed by atoms with Crippen molar-refractivity contribution in [2.24, 2.45) is 0 Å². The van der Waals surface area contributed by atoms with Gasteiger partial charge in [0.05, 0.1) is 5.69 Å². The lowest BCUT2D eigenvalue weighted by molar-refractivity contribution is -0.119. The van der Waals surface area contributed by atoms with Crippen molar-refractivity contribution in [1.29, 1.82) is 0 Å². The molecule has 1 amide bonds. The summed E-state index contributed by atoms with van der Waals surface area (Å²) >= 11 is 1.69. The van der Waals surface area contributed by atoms with Crippen molar-refractivity contribution >= 4 is 22.4 Å². The number of fused-ring (bicyclic) bond motifs is 1. The predicted molar refractivity (Wildman–Crippen MR) is 61.3 cm³/mol. The fraction of sp³-hybridized carbons (Fsp3) is 0.600. The maximum atomic E-state index is 10.9. The molecule has 1 aliphatic carbocycles. The van der Waals surface area contributed by atoms with E-state index in [1.807, 2.05) is 7.05 Å². The molecule has 0 aromatic carbocycles. The maximum Gasteiger partial charge on any atom is 0.217 e. The van der Waals surface area contributed by atoms with Crippen LogP contribution < -0.4 is 10.6 Å². The Morgan fingerprint density at radius 1 is 1.60 bits per heavy atom. The zero-order valence-electron chi connectivity index (χ0n) is 8.96. The van der Waals surface area contributed by atoms with Crippen molar-refractivity contribution in [3.8, 4) is 0 Å². The van der Waals surface area contributed by atoms with Crippen LogP contribution in [-0.2, 0) is 17.6 Å². The molecule has 1 heterocycles. The van der Waals surface area contributed by atoms with Crippen molar-refractivity contribution in [3.63, 3.8) is 0 Å². The third-order valence-electron chi connectivity index (χ3n) is 2.56. The zero-order chi connectivity index (χ0) is 10.8. The fourth-order valence-corrected chi connectivity index (χ4v) is 2.93. The fourth-order valence-electron chi connectivity index (χ4n) is 1.89. The van der Waals surface area contributed by atoms with Crippen molar-refractivity contribution in [1.82, 2.24) is 10.3 Å². The first-order valence-corrected chi connectivity index (χ1v) is 5.94. The molecule has 4 nitrogen and oxygen atoms in total. The SMILES string of the molecule is CNc1nc2c(s1)CC(NC(C)=O)CC2. The molecule has 0 radical (unpaired) electrons. The number of anilines is 1. The van der Waals surface area contributed by atoms with E-state index in [1.54, 1.807) is 18.3 Å². The van der Waals surface area contributed by atoms with Crippen molar-refractivity contribution in [3.05, 3.63) is 10.6 Å². The third-order valence-corrected chi connectivity index (χ3v) is 3.70. The number of nitrogens with zero attached hydrogens (tertiary/aromatic N) is 1. The number of carbonyl (C=O) groups is 1. The number of thiazole rings is 1. The molecular formula is C10H15N3OS. The van der Waals surface area contributed by atoms with Crippen LogP contribution in [0.1, 0.15) is 23.9 Å². The van der Waals surface area contributed by atoms with Crippen molar-refractivity contribution < 1.29 is 4.79 Å². The summed E-state index contributed by atoms with van der Waals surface area (Å²) in [6.45, 7) is 1.57. The van der Waals surface area contributed by atoms with Crippen molar-refractivity contribution in [2.45, 2.75) is 32.2 Å². The monoisotopic (exact) mass is 225 g/mol. The minimum Gasteiger partial charge on any atom is -0.365 e. The molecule has 1 aliphatic rings. The summed E-state index contributed by atoms with van der Waals surface area (Å²) in [5.74, 6) is 0.0572. The highest BCUT2D eigenvalue weighted by Gasteiger charge is 2.22. The van der Waals surface area contributed by atoms with Gasteiger partial charge < -0.3 is 10.6 Å². The third kappa shape index (κ3) is 2.28. The second-order valence-electron chi connectivity index (χ2n) is 3.78. The number of hydrogen-bond acceptors (Lipinski definition) is 4. The first kappa shape index (κ1) is 10.4. The van der Waals surface area contributed by atoms with Crippen LogP contribution in [0.4, 0.5) is 5.13 Å². The molecule has 82 valence electrons. The lowest BCUT2D eigenvalue weighted by Crippen LogP contribution is -2.37. The van der Waals surface area contributed by atoms with E-state index in [-0.39, 0.29) is 5.91 Å². The van der Waals surface area contributed by atoms with E-state index in [9.17, 15) is 4.79 Å². The van der Waals surface area contributed by atoms with Crippen LogP contribution in [0.5, 0.6) is 0 Å². The Kier molecular flexibility index (Phi) is 2.90. The van der Waals surface area contributed by atoms with Gasteiger partial charge >= 0.3 is 0 Å². The van der Waals surface area contributed by atoms with Gasteiger partial charge in [-0.1, -0.05) is 0 Å². The Labute approximate surface area is 93.1 Å². The quantitative estimate of drug-likeness (QED) is 0.794. The van der Waals surface area contributed by atoms with E-state index >= 15 is 0 Å². The van der Waals surface area contributed by atoms with Crippen LogP contribution >= 0.6 is 11.3 Å². The summed E-state index contributed by atoms with van der Waals surface area (Å²) in [5.41, 5.74) is 1.20. The molecule has 0 bridgehead atoms. The topological polar surface area (TPSA) is 54.0 Å². The molecule has 0 saturated heterocycles. The molecule has 1 aromatic heterocycles. The van der Waals surface area contributed by atoms with Gasteiger partial charge in [-0.05, 0) is 12.8 Å². The molecule has 2 N–H and O–H groups in total. The lowest BCUT2D eigenvalue weighted by Gasteiger charge is -2.21. The Bertz CT molecular complexity index is 375. The van der Waals surface area contributed by atoms with E-state index in [0.717, 1.165) is 24.4 Å². The highest BCUT2D eigenvalue weighted by Crippen LogP contribution is 2.29. The number of aryl methyl sites for hydroxylation is 1. The summed E-state index contributed by atoms with van der Waals surface area (Å²) in [5, 5.41) is 7.00. The molecule has 0 spiro atoms. The highest BCUT2D eigenvalue weighted by atomic mass is 32.1. The standard InChI is InChI=1S/C10H15N3OS/c1-6(14)12-7-3-4-8-9(5-7)15-10(11-2)13-8/h7H,3-5H2,1-2H3,(H,11,13)(H,12,14). The molecule has 15 heavy (non-hydrogen) atoms. The maximum absolute atomic E-state index is 10.9. The molecule has 0 fully saturated rings. The van der Waals surface area contributed by atoms with Gasteiger partial charge in [0, 0.05) is 31.3 Å². The first-order chi connectivity index (χ1) is 7.19. The van der Waals surface area contributed by atoms with Crippen LogP contribution in [0.15, 0.2) is 0 Å². The average molecular weight is 225 g/mol. The normalized spacial score (nSPS) is 19.5. The predicted octanol–water partition coefficient (Wildman–Crippen LogP) is 1.18. The molecule has 0 aliphatic heterocycles. The van der Waals surface area contributed by atoms with E-state index < -0.39 is 0 Å². The summed E-state index contributed by atoms with van der Waals surface area (Å²) in [7, 11) is 1.88. The Balaban J connectivity index is 2.08. The Morgan fingerprint density at radius 2 is 2.40 bits per heavy atom. The van der Waals surface area contributed by atoms with Crippen LogP contribution in [0.3, 0.4) is 0 Å². The molecule has 1 aromatic rings. The summed E-state index contributed by atoms with van der Waals surface area (Å²) < 4.78 is 0. The van der Waals surface area contributed by atoms with Crippen molar-refractivity contribution in [2.75, 3.05) is 12.4 Å². The summed E-state index contributed by atoms with van der Waals surface area (Å²) in [4.78, 5) is 16.7. The van der Waals surface area contributed by atoms with Gasteiger partial charge in [0.25, 0.3) is 0 Å². The van der Waals surface area contributed by atoms with Crippen LogP contribution in [0, 0.1) is 0 Å². The number of amides is 1. The number of rotatable bonds is 2. The highest BCUT2D eigenvalue weighted by molar-refractivity contribution is 7.15. The first-order valence-electron chi connectivity index (χ1n) is 5.12. The Hall–Kier alpha value is -1.10. The second kappa shape index (κ2) is 4.18. The zero-order valence-corrected chi connectivity index (χ0v) is 9.78. The summed E-state index contributed by atoms with van der Waals surface area (Å²) in [6, 6.07) is 0.292. The van der Waals surface area contributed by atoms with Gasteiger partial charge in [0.15, 0.2) is 5.13 Å². The van der Waals surface area contributed by atoms with Crippen LogP contribution in [0.2, 0.25) is 0 Å². The molecule has 0 saturated carbocycles. The minimum absolute atomic E-state index is 0.0572. The van der Waals surface area contributed by atoms with E-state index in [1.165, 1.54) is 10.6 Å². The van der Waals surface area contributed by atoms with Crippen LogP contribution in [-0.4, -0.2) is 24.0 Å². The molecule has 1 atom stereocenters. The number of nitrogens with one attached hydrogen (secondary N) is 2. The van der Waals surface area contributed by atoms with Gasteiger partial charge in [-0.2, -0.15) is 0 Å². The molecule has 1 unspecified atom stereocenters. The largest absolute Gasteiger partial charge is 0.365 e.